The smallest absolute Gasteiger partial charge is 0.347 e. The topological polar surface area (TPSA) is 106 Å². The highest BCUT2D eigenvalue weighted by atomic mass is 35.5. The average molecular weight is 466 g/mol. The molecule has 0 unspecified atom stereocenters. The van der Waals surface area contributed by atoms with Crippen LogP contribution in [0.4, 0.5) is 5.69 Å². The number of methoxy groups -OCH3 is 1. The van der Waals surface area contributed by atoms with Gasteiger partial charge in [0.25, 0.3) is 0 Å². The molecule has 0 aliphatic heterocycles. The minimum absolute atomic E-state index is 0.213. The Hall–Kier alpha value is -4.17. The highest BCUT2D eigenvalue weighted by molar-refractivity contribution is 6.40. The maximum atomic E-state index is 12.6. The Morgan fingerprint density at radius 2 is 1.61 bits per heavy atom. The van der Waals surface area contributed by atoms with Crippen molar-refractivity contribution in [3.05, 3.63) is 88.4 Å². The van der Waals surface area contributed by atoms with Crippen molar-refractivity contribution in [2.24, 2.45) is 5.10 Å². The summed E-state index contributed by atoms with van der Waals surface area (Å²) in [6, 6.07) is 18.2. The lowest BCUT2D eigenvalue weighted by molar-refractivity contribution is -0.136. The van der Waals surface area contributed by atoms with Crippen molar-refractivity contribution in [1.29, 1.82) is 0 Å². The molecule has 0 atom stereocenters. The second-order valence-corrected chi connectivity index (χ2v) is 7.10. The highest BCUT2D eigenvalue weighted by Gasteiger charge is 2.16. The van der Waals surface area contributed by atoms with E-state index in [1.165, 1.54) is 13.3 Å². The van der Waals surface area contributed by atoms with Crippen LogP contribution >= 0.6 is 11.6 Å². The Bertz CT molecular complexity index is 1230. The van der Waals surface area contributed by atoms with Crippen LogP contribution in [0.25, 0.3) is 0 Å². The molecule has 3 rings (SSSR count). The van der Waals surface area contributed by atoms with Crippen molar-refractivity contribution < 1.29 is 23.9 Å². The molecule has 0 fully saturated rings. The lowest BCUT2D eigenvalue weighted by Crippen LogP contribution is -2.32. The lowest BCUT2D eigenvalue weighted by Gasteiger charge is -2.10. The van der Waals surface area contributed by atoms with E-state index in [1.54, 1.807) is 73.7 Å². The molecule has 168 valence electrons. The summed E-state index contributed by atoms with van der Waals surface area (Å²) in [7, 11) is 1.46. The Kier molecular flexibility index (Phi) is 7.77. The molecule has 0 heterocycles. The van der Waals surface area contributed by atoms with Crippen LogP contribution in [0.2, 0.25) is 5.02 Å². The molecule has 0 spiro atoms. The van der Waals surface area contributed by atoms with Gasteiger partial charge in [-0.1, -0.05) is 41.9 Å². The molecule has 3 aromatic rings. The van der Waals surface area contributed by atoms with E-state index in [-0.39, 0.29) is 11.3 Å². The third-order valence-electron chi connectivity index (χ3n) is 4.54. The van der Waals surface area contributed by atoms with Gasteiger partial charge in [-0.25, -0.2) is 10.2 Å². The van der Waals surface area contributed by atoms with E-state index in [0.29, 0.717) is 27.6 Å². The number of halogens is 1. The van der Waals surface area contributed by atoms with Gasteiger partial charge in [0.1, 0.15) is 17.1 Å². The molecule has 8 nitrogen and oxygen atoms in total. The van der Waals surface area contributed by atoms with Crippen LogP contribution in [-0.2, 0) is 9.59 Å². The summed E-state index contributed by atoms with van der Waals surface area (Å²) in [6.07, 6.45) is 1.26. The number of amides is 2. The van der Waals surface area contributed by atoms with Crippen LogP contribution in [0.15, 0.2) is 71.8 Å². The van der Waals surface area contributed by atoms with E-state index < -0.39 is 17.8 Å². The van der Waals surface area contributed by atoms with Crippen molar-refractivity contribution in [2.75, 3.05) is 12.4 Å². The number of rotatable bonds is 6. The summed E-state index contributed by atoms with van der Waals surface area (Å²) >= 11 is 6.02. The van der Waals surface area contributed by atoms with Crippen LogP contribution in [0.3, 0.4) is 0 Å². The Morgan fingerprint density at radius 3 is 2.36 bits per heavy atom. The summed E-state index contributed by atoms with van der Waals surface area (Å²) in [6.45, 7) is 1.72. The second kappa shape index (κ2) is 10.9. The van der Waals surface area contributed by atoms with Gasteiger partial charge in [-0.15, -0.1) is 0 Å². The number of carbonyl (C=O) groups is 3. The number of para-hydroxylation sites is 2. The van der Waals surface area contributed by atoms with Gasteiger partial charge in [0.15, 0.2) is 0 Å². The molecule has 3 aromatic carbocycles. The number of anilines is 1. The molecular weight excluding hydrogens is 446 g/mol. The minimum Gasteiger partial charge on any atom is -0.496 e. The number of hydrogen-bond acceptors (Lipinski definition) is 6. The molecular formula is C24H20ClN3O5. The molecule has 2 N–H and O–H groups in total. The van der Waals surface area contributed by atoms with E-state index in [2.05, 4.69) is 15.8 Å². The van der Waals surface area contributed by atoms with Crippen LogP contribution in [0.5, 0.6) is 11.5 Å². The van der Waals surface area contributed by atoms with E-state index in [0.717, 1.165) is 0 Å². The zero-order valence-electron chi connectivity index (χ0n) is 17.8. The summed E-state index contributed by atoms with van der Waals surface area (Å²) in [5.74, 6) is -1.91. The molecule has 0 aliphatic carbocycles. The average Bonchev–Trinajstić information content (AvgIpc) is 2.82. The van der Waals surface area contributed by atoms with E-state index in [1.807, 2.05) is 0 Å². The Balaban J connectivity index is 1.66. The first-order valence-electron chi connectivity index (χ1n) is 9.74. The van der Waals surface area contributed by atoms with Gasteiger partial charge < -0.3 is 14.8 Å². The van der Waals surface area contributed by atoms with Gasteiger partial charge in [0.05, 0.1) is 13.3 Å². The zero-order chi connectivity index (χ0) is 23.8. The molecule has 0 aliphatic rings. The van der Waals surface area contributed by atoms with E-state index >= 15 is 0 Å². The van der Waals surface area contributed by atoms with Crippen molar-refractivity contribution in [3.63, 3.8) is 0 Å². The van der Waals surface area contributed by atoms with Crippen LogP contribution < -0.4 is 20.2 Å². The lowest BCUT2D eigenvalue weighted by atomic mass is 10.2. The second-order valence-electron chi connectivity index (χ2n) is 6.69. The summed E-state index contributed by atoms with van der Waals surface area (Å²) in [4.78, 5) is 36.8. The molecule has 0 aromatic heterocycles. The fourth-order valence-electron chi connectivity index (χ4n) is 2.78. The third kappa shape index (κ3) is 5.96. The normalized spacial score (nSPS) is 10.5. The SMILES string of the molecule is COc1ccccc1C(=O)Oc1ccccc1/C=N/NC(=O)C(=O)Nc1cccc(Cl)c1C. The molecule has 0 radical (unpaired) electrons. The van der Waals surface area contributed by atoms with Crippen molar-refractivity contribution >= 4 is 41.3 Å². The molecule has 33 heavy (non-hydrogen) atoms. The van der Waals surface area contributed by atoms with Gasteiger partial charge in [0.2, 0.25) is 0 Å². The number of hydrazone groups is 1. The molecule has 0 saturated carbocycles. The van der Waals surface area contributed by atoms with Crippen LogP contribution in [0.1, 0.15) is 21.5 Å². The number of benzene rings is 3. The number of hydrogen-bond donors (Lipinski definition) is 2. The van der Waals surface area contributed by atoms with Gasteiger partial charge in [-0.3, -0.25) is 9.59 Å². The van der Waals surface area contributed by atoms with Crippen molar-refractivity contribution in [3.8, 4) is 11.5 Å². The monoisotopic (exact) mass is 465 g/mol. The predicted molar refractivity (Wildman–Crippen MR) is 125 cm³/mol. The first-order chi connectivity index (χ1) is 15.9. The Morgan fingerprint density at radius 1 is 0.909 bits per heavy atom. The number of nitrogens with zero attached hydrogens (tertiary/aromatic N) is 1. The summed E-state index contributed by atoms with van der Waals surface area (Å²) < 4.78 is 10.7. The molecule has 9 heteroatoms. The predicted octanol–water partition coefficient (Wildman–Crippen LogP) is 3.97. The van der Waals surface area contributed by atoms with E-state index in [4.69, 9.17) is 21.1 Å². The summed E-state index contributed by atoms with van der Waals surface area (Å²) in [5.41, 5.74) is 3.86. The first kappa shape index (κ1) is 23.5. The quantitative estimate of drug-likeness (QED) is 0.188. The maximum Gasteiger partial charge on any atom is 0.347 e. The van der Waals surface area contributed by atoms with Gasteiger partial charge in [0, 0.05) is 16.3 Å². The fourth-order valence-corrected chi connectivity index (χ4v) is 2.96. The van der Waals surface area contributed by atoms with Gasteiger partial charge in [-0.2, -0.15) is 5.10 Å². The van der Waals surface area contributed by atoms with Crippen molar-refractivity contribution in [2.45, 2.75) is 6.92 Å². The molecule has 2 amide bonds. The maximum absolute atomic E-state index is 12.6. The molecule has 0 saturated heterocycles. The standard InChI is InChI=1S/C24H20ClN3O5/c1-15-18(25)10-7-11-19(15)27-22(29)23(30)28-26-14-16-8-3-5-12-20(16)33-24(31)17-9-4-6-13-21(17)32-2/h3-14H,1-2H3,(H,27,29)(H,28,30)/b26-14+. The number of ether oxygens (including phenoxy) is 2. The number of carbonyl (C=O) groups excluding carboxylic acids is 3. The van der Waals surface area contributed by atoms with Crippen LogP contribution in [-0.4, -0.2) is 31.1 Å². The Labute approximate surface area is 195 Å². The third-order valence-corrected chi connectivity index (χ3v) is 4.95. The van der Waals surface area contributed by atoms with Crippen LogP contribution in [0, 0.1) is 6.92 Å². The zero-order valence-corrected chi connectivity index (χ0v) is 18.6. The minimum atomic E-state index is -0.978. The van der Waals surface area contributed by atoms with Crippen molar-refractivity contribution in [1.82, 2.24) is 5.43 Å². The highest BCUT2D eigenvalue weighted by Crippen LogP contribution is 2.23. The first-order valence-corrected chi connectivity index (χ1v) is 10.1. The number of nitrogens with one attached hydrogen (secondary N) is 2. The number of esters is 1. The van der Waals surface area contributed by atoms with Gasteiger partial charge in [-0.05, 0) is 48.9 Å². The fraction of sp³-hybridized carbons (Fsp3) is 0.0833. The van der Waals surface area contributed by atoms with E-state index in [9.17, 15) is 14.4 Å². The largest absolute Gasteiger partial charge is 0.496 e. The summed E-state index contributed by atoms with van der Waals surface area (Å²) in [5, 5.41) is 6.73. The molecule has 0 bridgehead atoms. The van der Waals surface area contributed by atoms with Gasteiger partial charge >= 0.3 is 17.8 Å².